The van der Waals surface area contributed by atoms with Crippen LogP contribution in [0.25, 0.3) is 10.9 Å². The average molecular weight is 374 g/mol. The van der Waals surface area contributed by atoms with Crippen LogP contribution in [-0.2, 0) is 10.9 Å². The van der Waals surface area contributed by atoms with Crippen LogP contribution in [0.15, 0.2) is 54.7 Å². The van der Waals surface area contributed by atoms with Gasteiger partial charge in [-0.25, -0.2) is 4.79 Å². The van der Waals surface area contributed by atoms with Crippen LogP contribution in [0.2, 0.25) is 0 Å². The minimum absolute atomic E-state index is 0.133. The third-order valence-electron chi connectivity index (χ3n) is 3.85. The van der Waals surface area contributed by atoms with Crippen LogP contribution >= 0.6 is 0 Å². The second-order valence-electron chi connectivity index (χ2n) is 5.59. The van der Waals surface area contributed by atoms with E-state index in [9.17, 15) is 22.8 Å². The van der Waals surface area contributed by atoms with E-state index in [2.05, 4.69) is 15.0 Å². The number of ether oxygens (including phenoxy) is 1. The van der Waals surface area contributed by atoms with E-state index in [1.54, 1.807) is 6.07 Å². The summed E-state index contributed by atoms with van der Waals surface area (Å²) in [7, 11) is 1.20. The Kier molecular flexibility index (Phi) is 4.81. The second-order valence-corrected chi connectivity index (χ2v) is 5.59. The number of hydrogen-bond donors (Lipinski definition) is 1. The molecular formula is C19H13F3N2O3. The molecule has 0 fully saturated rings. The van der Waals surface area contributed by atoms with E-state index in [-0.39, 0.29) is 22.2 Å². The molecule has 0 aliphatic carbocycles. The van der Waals surface area contributed by atoms with Crippen molar-refractivity contribution in [2.24, 2.45) is 0 Å². The van der Waals surface area contributed by atoms with Crippen molar-refractivity contribution in [3.63, 3.8) is 0 Å². The highest BCUT2D eigenvalue weighted by Crippen LogP contribution is 2.37. The van der Waals surface area contributed by atoms with Crippen molar-refractivity contribution in [2.45, 2.75) is 6.18 Å². The van der Waals surface area contributed by atoms with Crippen LogP contribution in [0.4, 0.5) is 18.9 Å². The number of rotatable bonds is 3. The lowest BCUT2D eigenvalue weighted by Crippen LogP contribution is -2.20. The third-order valence-corrected chi connectivity index (χ3v) is 3.85. The zero-order valence-electron chi connectivity index (χ0n) is 14.0. The van der Waals surface area contributed by atoms with Crippen molar-refractivity contribution in [3.8, 4) is 0 Å². The number of hydrogen-bond acceptors (Lipinski definition) is 4. The van der Waals surface area contributed by atoms with Crippen LogP contribution < -0.4 is 5.32 Å². The maximum absolute atomic E-state index is 13.6. The minimum atomic E-state index is -4.75. The van der Waals surface area contributed by atoms with E-state index >= 15 is 0 Å². The summed E-state index contributed by atoms with van der Waals surface area (Å²) in [4.78, 5) is 28.0. The fourth-order valence-electron chi connectivity index (χ4n) is 2.66. The van der Waals surface area contributed by atoms with E-state index in [1.165, 1.54) is 49.6 Å². The number of anilines is 1. The van der Waals surface area contributed by atoms with Crippen LogP contribution in [0.3, 0.4) is 0 Å². The quantitative estimate of drug-likeness (QED) is 0.695. The number of fused-ring (bicyclic) bond motifs is 1. The minimum Gasteiger partial charge on any atom is -0.465 e. The Morgan fingerprint density at radius 1 is 1.07 bits per heavy atom. The monoisotopic (exact) mass is 374 g/mol. The molecule has 3 rings (SSSR count). The van der Waals surface area contributed by atoms with Gasteiger partial charge in [0.05, 0.1) is 29.3 Å². The first kappa shape index (κ1) is 18.4. The number of alkyl halides is 3. The molecule has 0 saturated heterocycles. The van der Waals surface area contributed by atoms with Gasteiger partial charge >= 0.3 is 12.1 Å². The number of nitrogens with one attached hydrogen (secondary N) is 1. The number of carbonyl (C=O) groups is 2. The fraction of sp³-hybridized carbons (Fsp3) is 0.105. The van der Waals surface area contributed by atoms with Gasteiger partial charge in [-0.05, 0) is 24.3 Å². The molecule has 3 aromatic rings. The first-order chi connectivity index (χ1) is 12.8. The number of para-hydroxylation sites is 1. The molecule has 0 spiro atoms. The lowest BCUT2D eigenvalue weighted by molar-refractivity contribution is -0.136. The highest BCUT2D eigenvalue weighted by molar-refractivity contribution is 6.08. The molecule has 5 nitrogen and oxygen atoms in total. The standard InChI is InChI=1S/C19H13F3N2O3/c1-27-18(26)11-5-4-6-12(9-11)24-17(25)14-10-23-15-8-3-2-7-13(15)16(14)19(20,21)22/h2-10H,1H3,(H,24,25). The molecule has 0 unspecified atom stereocenters. The third kappa shape index (κ3) is 3.74. The summed E-state index contributed by atoms with van der Waals surface area (Å²) >= 11 is 0. The van der Waals surface area contributed by atoms with Gasteiger partial charge < -0.3 is 10.1 Å². The van der Waals surface area contributed by atoms with Gasteiger partial charge in [-0.2, -0.15) is 13.2 Å². The van der Waals surface area contributed by atoms with Crippen molar-refractivity contribution in [2.75, 3.05) is 12.4 Å². The molecule has 27 heavy (non-hydrogen) atoms. The molecule has 0 bridgehead atoms. The van der Waals surface area contributed by atoms with E-state index in [4.69, 9.17) is 0 Å². The smallest absolute Gasteiger partial charge is 0.417 e. The van der Waals surface area contributed by atoms with Gasteiger partial charge in [0.1, 0.15) is 0 Å². The lowest BCUT2D eigenvalue weighted by atomic mass is 10.0. The summed E-state index contributed by atoms with van der Waals surface area (Å²) in [6.45, 7) is 0. The molecular weight excluding hydrogens is 361 g/mol. The number of nitrogens with zero attached hydrogens (tertiary/aromatic N) is 1. The Bertz CT molecular complexity index is 1030. The Balaban J connectivity index is 2.03. The predicted molar refractivity (Wildman–Crippen MR) is 92.5 cm³/mol. The maximum atomic E-state index is 13.6. The first-order valence-corrected chi connectivity index (χ1v) is 7.76. The number of aromatic nitrogens is 1. The summed E-state index contributed by atoms with van der Waals surface area (Å²) in [6.07, 6.45) is -3.85. The predicted octanol–water partition coefficient (Wildman–Crippen LogP) is 4.29. The number of carbonyl (C=O) groups excluding carboxylic acids is 2. The van der Waals surface area contributed by atoms with Gasteiger partial charge in [0.25, 0.3) is 5.91 Å². The molecule has 0 aliphatic rings. The van der Waals surface area contributed by atoms with Gasteiger partial charge in [0.15, 0.2) is 0 Å². The average Bonchev–Trinajstić information content (AvgIpc) is 2.65. The zero-order chi connectivity index (χ0) is 19.6. The van der Waals surface area contributed by atoms with Crippen molar-refractivity contribution >= 4 is 28.5 Å². The number of methoxy groups -OCH3 is 1. The van der Waals surface area contributed by atoms with Crippen LogP contribution in [0.1, 0.15) is 26.3 Å². The van der Waals surface area contributed by atoms with Gasteiger partial charge in [-0.1, -0.05) is 24.3 Å². The van der Waals surface area contributed by atoms with Gasteiger partial charge in [-0.15, -0.1) is 0 Å². The highest BCUT2D eigenvalue weighted by atomic mass is 19.4. The molecule has 1 aromatic heterocycles. The fourth-order valence-corrected chi connectivity index (χ4v) is 2.66. The van der Waals surface area contributed by atoms with Crippen LogP contribution in [0.5, 0.6) is 0 Å². The summed E-state index contributed by atoms with van der Waals surface area (Å²) in [5.74, 6) is -1.61. The molecule has 138 valence electrons. The van der Waals surface area contributed by atoms with E-state index in [0.717, 1.165) is 6.20 Å². The maximum Gasteiger partial charge on any atom is 0.417 e. The Morgan fingerprint density at radius 2 is 1.81 bits per heavy atom. The molecule has 0 aliphatic heterocycles. The van der Waals surface area contributed by atoms with E-state index in [1.807, 2.05) is 0 Å². The molecule has 1 N–H and O–H groups in total. The zero-order valence-corrected chi connectivity index (χ0v) is 14.0. The molecule has 2 aromatic carbocycles. The van der Waals surface area contributed by atoms with Crippen molar-refractivity contribution in [1.82, 2.24) is 4.98 Å². The number of halogens is 3. The lowest BCUT2D eigenvalue weighted by Gasteiger charge is -2.15. The first-order valence-electron chi connectivity index (χ1n) is 7.76. The van der Waals surface area contributed by atoms with Crippen molar-refractivity contribution < 1.29 is 27.5 Å². The summed E-state index contributed by atoms with van der Waals surface area (Å²) in [6, 6.07) is 11.4. The van der Waals surface area contributed by atoms with Crippen LogP contribution in [0, 0.1) is 0 Å². The largest absolute Gasteiger partial charge is 0.465 e. The molecule has 0 atom stereocenters. The van der Waals surface area contributed by atoms with Gasteiger partial charge in [0, 0.05) is 17.3 Å². The van der Waals surface area contributed by atoms with E-state index < -0.39 is 29.2 Å². The molecule has 1 amide bonds. The topological polar surface area (TPSA) is 68.3 Å². The molecule has 8 heteroatoms. The Morgan fingerprint density at radius 3 is 2.52 bits per heavy atom. The highest BCUT2D eigenvalue weighted by Gasteiger charge is 2.37. The number of benzene rings is 2. The number of amides is 1. The van der Waals surface area contributed by atoms with Crippen molar-refractivity contribution in [3.05, 3.63) is 71.4 Å². The van der Waals surface area contributed by atoms with Crippen molar-refractivity contribution in [1.29, 1.82) is 0 Å². The number of pyridine rings is 1. The normalized spacial score (nSPS) is 11.3. The molecule has 0 saturated carbocycles. The van der Waals surface area contributed by atoms with Gasteiger partial charge in [-0.3, -0.25) is 9.78 Å². The second kappa shape index (κ2) is 7.06. The number of esters is 1. The van der Waals surface area contributed by atoms with Crippen LogP contribution in [-0.4, -0.2) is 24.0 Å². The SMILES string of the molecule is COC(=O)c1cccc(NC(=O)c2cnc3ccccc3c2C(F)(F)F)c1. The summed E-state index contributed by atoms with van der Waals surface area (Å²) < 4.78 is 45.5. The Labute approximate surface area is 151 Å². The van der Waals surface area contributed by atoms with E-state index in [0.29, 0.717) is 0 Å². The molecule has 0 radical (unpaired) electrons. The molecule has 1 heterocycles. The Hall–Kier alpha value is -3.42. The summed E-state index contributed by atoms with van der Waals surface area (Å²) in [5, 5.41) is 2.20. The van der Waals surface area contributed by atoms with Gasteiger partial charge in [0.2, 0.25) is 0 Å². The summed E-state index contributed by atoms with van der Waals surface area (Å²) in [5.41, 5.74) is -1.22.